The van der Waals surface area contributed by atoms with Crippen LogP contribution in [0.5, 0.6) is 11.5 Å². The topological polar surface area (TPSA) is 108 Å². The third-order valence-corrected chi connectivity index (χ3v) is 6.47. The molecule has 1 unspecified atom stereocenters. The Labute approximate surface area is 196 Å². The summed E-state index contributed by atoms with van der Waals surface area (Å²) in [5.74, 6) is 5.01. The summed E-state index contributed by atoms with van der Waals surface area (Å²) in [6.45, 7) is 2.97. The molecule has 1 aromatic carbocycles. The van der Waals surface area contributed by atoms with Crippen molar-refractivity contribution < 1.29 is 18.7 Å². The van der Waals surface area contributed by atoms with E-state index in [4.69, 9.17) is 21.6 Å². The van der Waals surface area contributed by atoms with Gasteiger partial charge in [0, 0.05) is 31.1 Å². The molecule has 0 bridgehead atoms. The summed E-state index contributed by atoms with van der Waals surface area (Å²) in [5, 5.41) is 0. The fourth-order valence-electron chi connectivity index (χ4n) is 4.81. The highest BCUT2D eigenvalue weighted by Gasteiger charge is 2.23. The molecule has 1 fully saturated rings. The Morgan fingerprint density at radius 2 is 2.09 bits per heavy atom. The number of piperidine rings is 1. The van der Waals surface area contributed by atoms with E-state index in [9.17, 15) is 9.18 Å². The van der Waals surface area contributed by atoms with E-state index in [0.717, 1.165) is 44.2 Å². The molecule has 4 heterocycles. The van der Waals surface area contributed by atoms with Gasteiger partial charge in [-0.2, -0.15) is 14.4 Å². The Morgan fingerprint density at radius 1 is 1.26 bits per heavy atom. The predicted octanol–water partition coefficient (Wildman–Crippen LogP) is 2.15. The molecule has 2 aliphatic rings. The zero-order valence-electron chi connectivity index (χ0n) is 18.7. The molecule has 5 rings (SSSR count). The average Bonchev–Trinajstić information content (AvgIpc) is 3.41. The first kappa shape index (κ1) is 22.1. The minimum Gasteiger partial charge on any atom is -0.454 e. The molecule has 1 saturated heterocycles. The number of nitrogen functional groups attached to an aromatic ring is 1. The van der Waals surface area contributed by atoms with E-state index in [1.54, 1.807) is 6.07 Å². The monoisotopic (exact) mass is 464 g/mol. The van der Waals surface area contributed by atoms with Crippen LogP contribution in [-0.2, 0) is 17.8 Å². The molecule has 10 heteroatoms. The molecule has 0 aliphatic carbocycles. The maximum Gasteiger partial charge on any atom is 0.312 e. The van der Waals surface area contributed by atoms with Gasteiger partial charge in [0.1, 0.15) is 12.1 Å². The van der Waals surface area contributed by atoms with E-state index in [1.165, 1.54) is 0 Å². The number of likely N-dealkylation sites (tertiary alicyclic amines) is 1. The Morgan fingerprint density at radius 3 is 2.88 bits per heavy atom. The molecule has 3 aromatic rings. The van der Waals surface area contributed by atoms with Gasteiger partial charge >= 0.3 is 6.08 Å². The smallest absolute Gasteiger partial charge is 0.312 e. The normalized spacial score (nSPS) is 17.7. The Hall–Kier alpha value is -3.71. The lowest BCUT2D eigenvalue weighted by Crippen LogP contribution is -2.36. The second kappa shape index (κ2) is 9.27. The number of aryl methyl sites for hydroxylation is 1. The number of carbonyl (C=O) groups is 1. The Kier molecular flexibility index (Phi) is 6.02. The van der Waals surface area contributed by atoms with Crippen LogP contribution < -0.4 is 15.2 Å². The summed E-state index contributed by atoms with van der Waals surface area (Å²) in [7, 11) is 0. The van der Waals surface area contributed by atoms with Crippen molar-refractivity contribution in [3.05, 3.63) is 35.2 Å². The van der Waals surface area contributed by atoms with Crippen molar-refractivity contribution in [3.8, 4) is 23.8 Å². The van der Waals surface area contributed by atoms with Gasteiger partial charge in [-0.25, -0.2) is 4.98 Å². The third-order valence-electron chi connectivity index (χ3n) is 6.47. The van der Waals surface area contributed by atoms with E-state index in [-0.39, 0.29) is 12.6 Å². The van der Waals surface area contributed by atoms with Crippen LogP contribution in [0.1, 0.15) is 36.2 Å². The number of halogens is 1. The minimum absolute atomic E-state index is 0.000171. The van der Waals surface area contributed by atoms with Crippen molar-refractivity contribution in [2.45, 2.75) is 32.2 Å². The molecular formula is C24H25FN6O3. The number of imidazole rings is 1. The molecule has 0 saturated carbocycles. The zero-order valence-corrected chi connectivity index (χ0v) is 18.7. The number of nitrogens with zero attached hydrogens (tertiary/aromatic N) is 5. The van der Waals surface area contributed by atoms with E-state index < -0.39 is 6.08 Å². The first-order valence-corrected chi connectivity index (χ1v) is 11.3. The van der Waals surface area contributed by atoms with E-state index in [2.05, 4.69) is 25.8 Å². The Balaban J connectivity index is 1.47. The van der Waals surface area contributed by atoms with Gasteiger partial charge in [-0.15, -0.1) is 6.42 Å². The van der Waals surface area contributed by atoms with Crippen LogP contribution >= 0.6 is 0 Å². The van der Waals surface area contributed by atoms with Gasteiger partial charge < -0.3 is 24.6 Å². The number of fused-ring (bicyclic) bond motifs is 2. The minimum atomic E-state index is -0.889. The van der Waals surface area contributed by atoms with Crippen LogP contribution in [0.2, 0.25) is 0 Å². The van der Waals surface area contributed by atoms with Crippen molar-refractivity contribution in [2.24, 2.45) is 5.92 Å². The van der Waals surface area contributed by atoms with Crippen molar-refractivity contribution in [1.29, 1.82) is 0 Å². The van der Waals surface area contributed by atoms with E-state index >= 15 is 0 Å². The first-order chi connectivity index (χ1) is 16.6. The first-order valence-electron chi connectivity index (χ1n) is 11.3. The predicted molar refractivity (Wildman–Crippen MR) is 123 cm³/mol. The number of benzene rings is 1. The highest BCUT2D eigenvalue weighted by molar-refractivity contribution is 5.82. The maximum absolute atomic E-state index is 14.1. The summed E-state index contributed by atoms with van der Waals surface area (Å²) in [5.41, 5.74) is 8.22. The molecule has 1 atom stereocenters. The van der Waals surface area contributed by atoms with E-state index in [1.807, 2.05) is 10.6 Å². The lowest BCUT2D eigenvalue weighted by Gasteiger charge is -2.31. The molecule has 2 aromatic heterocycles. The molecule has 2 aliphatic heterocycles. The maximum atomic E-state index is 14.1. The van der Waals surface area contributed by atoms with Gasteiger partial charge in [-0.05, 0) is 43.4 Å². The molecular weight excluding hydrogens is 439 g/mol. The van der Waals surface area contributed by atoms with Crippen molar-refractivity contribution in [2.75, 3.05) is 32.2 Å². The van der Waals surface area contributed by atoms with Crippen LogP contribution in [0, 0.1) is 24.3 Å². The largest absolute Gasteiger partial charge is 0.454 e. The number of carbonyl (C=O) groups excluding carboxylic acids is 1. The molecule has 0 amide bonds. The quantitative estimate of drug-likeness (QED) is 0.322. The van der Waals surface area contributed by atoms with Crippen LogP contribution in [-0.4, -0.2) is 57.1 Å². The fraction of sp³-hybridized carbons (Fsp3) is 0.417. The average molecular weight is 465 g/mol. The highest BCUT2D eigenvalue weighted by Crippen LogP contribution is 2.35. The molecule has 0 spiro atoms. The summed E-state index contributed by atoms with van der Waals surface area (Å²) in [4.78, 5) is 25.4. The summed E-state index contributed by atoms with van der Waals surface area (Å²) in [6, 6.07) is 3.64. The molecule has 9 nitrogen and oxygen atoms in total. The number of anilines is 1. The number of ether oxygens (including phenoxy) is 2. The van der Waals surface area contributed by atoms with Gasteiger partial charge in [-0.3, -0.25) is 4.90 Å². The van der Waals surface area contributed by atoms with Crippen molar-refractivity contribution in [1.82, 2.24) is 24.4 Å². The third kappa shape index (κ3) is 4.26. The van der Waals surface area contributed by atoms with Gasteiger partial charge in [-0.1, -0.05) is 5.92 Å². The lowest BCUT2D eigenvalue weighted by molar-refractivity contribution is -0.109. The molecule has 34 heavy (non-hydrogen) atoms. The summed E-state index contributed by atoms with van der Waals surface area (Å²) < 4.78 is 26.9. The van der Waals surface area contributed by atoms with Crippen molar-refractivity contribution in [3.63, 3.8) is 0 Å². The summed E-state index contributed by atoms with van der Waals surface area (Å²) in [6.07, 6.45) is 9.15. The second-order valence-corrected chi connectivity index (χ2v) is 8.64. The second-order valence-electron chi connectivity index (χ2n) is 8.64. The number of aromatic nitrogens is 4. The highest BCUT2D eigenvalue weighted by atomic mass is 19.1. The van der Waals surface area contributed by atoms with Crippen LogP contribution in [0.15, 0.2) is 12.1 Å². The van der Waals surface area contributed by atoms with Gasteiger partial charge in [0.05, 0.1) is 6.54 Å². The van der Waals surface area contributed by atoms with Crippen LogP contribution in [0.4, 0.5) is 10.2 Å². The van der Waals surface area contributed by atoms with Gasteiger partial charge in [0.15, 0.2) is 28.5 Å². The number of rotatable bonds is 7. The SMILES string of the molecule is C#Cc1cc2c(cc1Cc1nc3c(N)nc(F)nc3n1CCC1CCCN(CC=O)C1)OCO2. The Bertz CT molecular complexity index is 1280. The van der Waals surface area contributed by atoms with Crippen molar-refractivity contribution >= 4 is 23.3 Å². The zero-order chi connectivity index (χ0) is 23.7. The number of terminal acetylenes is 1. The molecule has 2 N–H and O–H groups in total. The standard InChI is InChI=1S/C24H25FN6O3/c1-2-16-10-18-19(34-14-33-18)11-17(16)12-20-27-21-22(26)28-24(25)29-23(21)31(20)7-5-15-4-3-6-30(13-15)8-9-32/h1,9-11,15H,3-8,12-14H2,(H2,26,28,29). The van der Waals surface area contributed by atoms with Crippen LogP contribution in [0.3, 0.4) is 0 Å². The number of nitrogens with two attached hydrogens (primary N) is 1. The molecule has 176 valence electrons. The van der Waals surface area contributed by atoms with E-state index in [0.29, 0.717) is 59.5 Å². The van der Waals surface area contributed by atoms with Crippen LogP contribution in [0.25, 0.3) is 11.2 Å². The fourth-order valence-corrected chi connectivity index (χ4v) is 4.81. The van der Waals surface area contributed by atoms with Gasteiger partial charge in [0.2, 0.25) is 6.79 Å². The number of aldehydes is 1. The number of hydrogen-bond acceptors (Lipinski definition) is 8. The molecule has 0 radical (unpaired) electrons. The van der Waals surface area contributed by atoms with Gasteiger partial charge in [0.25, 0.3) is 0 Å². The lowest BCUT2D eigenvalue weighted by atomic mass is 9.94. The number of hydrogen-bond donors (Lipinski definition) is 1. The summed E-state index contributed by atoms with van der Waals surface area (Å²) >= 11 is 0.